The van der Waals surface area contributed by atoms with Gasteiger partial charge in [-0.25, -0.2) is 9.18 Å². The number of imidazole rings is 1. The highest BCUT2D eigenvalue weighted by molar-refractivity contribution is 4.93. The van der Waals surface area contributed by atoms with Gasteiger partial charge in [0.1, 0.15) is 12.8 Å². The van der Waals surface area contributed by atoms with Crippen molar-refractivity contribution < 1.29 is 9.50 Å². The van der Waals surface area contributed by atoms with E-state index in [1.165, 1.54) is 4.57 Å². The Labute approximate surface area is 68.7 Å². The van der Waals surface area contributed by atoms with Crippen molar-refractivity contribution in [1.82, 2.24) is 9.55 Å². The number of alkyl halides is 1. The minimum atomic E-state index is -1.10. The molecule has 0 saturated carbocycles. The molecule has 0 spiro atoms. The standard InChI is InChI=1S/C7H11FN2O2/c1-5-3-10(7(12)9-5)4-6(11)2-8/h3,6,11H,2,4H2,1H3,(H,9,12). The predicted molar refractivity (Wildman–Crippen MR) is 41.8 cm³/mol. The third kappa shape index (κ3) is 1.94. The van der Waals surface area contributed by atoms with Gasteiger partial charge in [-0.15, -0.1) is 0 Å². The Morgan fingerprint density at radius 2 is 2.50 bits per heavy atom. The number of halogens is 1. The van der Waals surface area contributed by atoms with Crippen LogP contribution < -0.4 is 5.69 Å². The molecule has 0 aliphatic heterocycles. The maximum absolute atomic E-state index is 11.8. The Kier molecular flexibility index (Phi) is 2.65. The zero-order valence-electron chi connectivity index (χ0n) is 6.75. The van der Waals surface area contributed by atoms with Crippen LogP contribution in [0.1, 0.15) is 5.69 Å². The van der Waals surface area contributed by atoms with Crippen molar-refractivity contribution in [2.45, 2.75) is 19.6 Å². The Bertz CT molecular complexity index is 305. The molecule has 0 bridgehead atoms. The summed E-state index contributed by atoms with van der Waals surface area (Å²) >= 11 is 0. The van der Waals surface area contributed by atoms with E-state index >= 15 is 0 Å². The number of hydrogen-bond acceptors (Lipinski definition) is 2. The summed E-state index contributed by atoms with van der Waals surface area (Å²) in [5, 5.41) is 8.90. The molecule has 0 aliphatic carbocycles. The van der Waals surface area contributed by atoms with Gasteiger partial charge < -0.3 is 10.1 Å². The molecule has 1 unspecified atom stereocenters. The average Bonchev–Trinajstić information content (AvgIpc) is 2.30. The molecular weight excluding hydrogens is 163 g/mol. The number of nitrogens with zero attached hydrogens (tertiary/aromatic N) is 1. The van der Waals surface area contributed by atoms with E-state index in [0.717, 1.165) is 0 Å². The second-order valence-electron chi connectivity index (χ2n) is 2.70. The van der Waals surface area contributed by atoms with Gasteiger partial charge in [0.2, 0.25) is 0 Å². The zero-order chi connectivity index (χ0) is 9.14. The summed E-state index contributed by atoms with van der Waals surface area (Å²) in [6, 6.07) is 0. The van der Waals surface area contributed by atoms with Crippen molar-refractivity contribution in [2.75, 3.05) is 6.67 Å². The minimum absolute atomic E-state index is 0.000324. The molecule has 1 rings (SSSR count). The van der Waals surface area contributed by atoms with Crippen LogP contribution in [0, 0.1) is 6.92 Å². The molecule has 2 N–H and O–H groups in total. The number of aryl methyl sites for hydroxylation is 1. The Hall–Kier alpha value is -1.10. The van der Waals surface area contributed by atoms with E-state index < -0.39 is 12.8 Å². The summed E-state index contributed by atoms with van der Waals surface area (Å²) in [5.74, 6) is 0. The van der Waals surface area contributed by atoms with Crippen LogP contribution in [0.15, 0.2) is 11.0 Å². The molecule has 1 heterocycles. The van der Waals surface area contributed by atoms with Gasteiger partial charge >= 0.3 is 5.69 Å². The fraction of sp³-hybridized carbons (Fsp3) is 0.571. The molecule has 0 aliphatic rings. The second kappa shape index (κ2) is 3.53. The number of rotatable bonds is 3. The highest BCUT2D eigenvalue weighted by Gasteiger charge is 2.06. The molecule has 0 amide bonds. The minimum Gasteiger partial charge on any atom is -0.389 e. The quantitative estimate of drug-likeness (QED) is 0.667. The fourth-order valence-electron chi connectivity index (χ4n) is 0.977. The van der Waals surface area contributed by atoms with E-state index in [-0.39, 0.29) is 12.2 Å². The first-order valence-corrected chi connectivity index (χ1v) is 3.63. The number of hydrogen-bond donors (Lipinski definition) is 2. The van der Waals surface area contributed by atoms with Crippen molar-refractivity contribution >= 4 is 0 Å². The molecule has 5 heteroatoms. The van der Waals surface area contributed by atoms with E-state index in [4.69, 9.17) is 5.11 Å². The average molecular weight is 174 g/mol. The van der Waals surface area contributed by atoms with Crippen molar-refractivity contribution in [3.05, 3.63) is 22.4 Å². The SMILES string of the molecule is Cc1cn(CC(O)CF)c(=O)[nH]1. The summed E-state index contributed by atoms with van der Waals surface area (Å²) in [7, 11) is 0. The van der Waals surface area contributed by atoms with Crippen LogP contribution >= 0.6 is 0 Å². The second-order valence-corrected chi connectivity index (χ2v) is 2.70. The van der Waals surface area contributed by atoms with Gasteiger partial charge in [0, 0.05) is 11.9 Å². The zero-order valence-corrected chi connectivity index (χ0v) is 6.75. The molecule has 4 nitrogen and oxygen atoms in total. The molecular formula is C7H11FN2O2. The van der Waals surface area contributed by atoms with Gasteiger partial charge in [-0.05, 0) is 6.92 Å². The molecule has 68 valence electrons. The summed E-state index contributed by atoms with van der Waals surface area (Å²) in [6.07, 6.45) is 0.444. The maximum atomic E-state index is 11.8. The van der Waals surface area contributed by atoms with Crippen LogP contribution in [0.2, 0.25) is 0 Å². The molecule has 1 aromatic rings. The van der Waals surface area contributed by atoms with E-state index in [0.29, 0.717) is 5.69 Å². The molecule has 0 saturated heterocycles. The van der Waals surface area contributed by atoms with Gasteiger partial charge in [-0.3, -0.25) is 4.57 Å². The van der Waals surface area contributed by atoms with Crippen molar-refractivity contribution in [3.8, 4) is 0 Å². The monoisotopic (exact) mass is 174 g/mol. The van der Waals surface area contributed by atoms with Gasteiger partial charge in [0.15, 0.2) is 0 Å². The van der Waals surface area contributed by atoms with Crippen molar-refractivity contribution in [1.29, 1.82) is 0 Å². The number of aromatic amines is 1. The molecule has 1 aromatic heterocycles. The van der Waals surface area contributed by atoms with Gasteiger partial charge in [-0.1, -0.05) is 0 Å². The topological polar surface area (TPSA) is 58.0 Å². The summed E-state index contributed by atoms with van der Waals surface area (Å²) in [4.78, 5) is 13.5. The lowest BCUT2D eigenvalue weighted by molar-refractivity contribution is 0.121. The van der Waals surface area contributed by atoms with Crippen molar-refractivity contribution in [2.24, 2.45) is 0 Å². The molecule has 12 heavy (non-hydrogen) atoms. The largest absolute Gasteiger partial charge is 0.389 e. The van der Waals surface area contributed by atoms with Gasteiger partial charge in [-0.2, -0.15) is 0 Å². The van der Waals surface area contributed by atoms with Crippen molar-refractivity contribution in [3.63, 3.8) is 0 Å². The summed E-state index contributed by atoms with van der Waals surface area (Å²) in [5.41, 5.74) is 0.381. The molecule has 0 fully saturated rings. The Morgan fingerprint density at radius 1 is 1.83 bits per heavy atom. The third-order valence-corrected chi connectivity index (χ3v) is 1.50. The smallest absolute Gasteiger partial charge is 0.325 e. The first kappa shape index (κ1) is 8.99. The predicted octanol–water partition coefficient (Wildman–Crippen LogP) is -0.185. The first-order valence-electron chi connectivity index (χ1n) is 3.63. The number of aromatic nitrogens is 2. The third-order valence-electron chi connectivity index (χ3n) is 1.50. The first-order chi connectivity index (χ1) is 5.63. The number of nitrogens with one attached hydrogen (secondary N) is 1. The number of H-pyrrole nitrogens is 1. The highest BCUT2D eigenvalue weighted by Crippen LogP contribution is 1.92. The lowest BCUT2D eigenvalue weighted by Gasteiger charge is -2.04. The number of aliphatic hydroxyl groups excluding tert-OH is 1. The maximum Gasteiger partial charge on any atom is 0.325 e. The van der Waals surface area contributed by atoms with Crippen LogP contribution in [-0.4, -0.2) is 27.4 Å². The number of aliphatic hydroxyl groups is 1. The van der Waals surface area contributed by atoms with E-state index in [9.17, 15) is 9.18 Å². The van der Waals surface area contributed by atoms with Gasteiger partial charge in [0.25, 0.3) is 0 Å². The Morgan fingerprint density at radius 3 is 2.92 bits per heavy atom. The normalized spacial score (nSPS) is 13.2. The highest BCUT2D eigenvalue weighted by atomic mass is 19.1. The molecule has 1 atom stereocenters. The van der Waals surface area contributed by atoms with Crippen LogP contribution in [0.4, 0.5) is 4.39 Å². The molecule has 0 aromatic carbocycles. The summed E-state index contributed by atoms with van der Waals surface area (Å²) in [6.45, 7) is 0.885. The van der Waals surface area contributed by atoms with Crippen LogP contribution in [-0.2, 0) is 6.54 Å². The summed E-state index contributed by atoms with van der Waals surface area (Å²) < 4.78 is 13.1. The van der Waals surface area contributed by atoms with Gasteiger partial charge in [0.05, 0.1) is 6.54 Å². The van der Waals surface area contributed by atoms with Crippen LogP contribution in [0.3, 0.4) is 0 Å². The van der Waals surface area contributed by atoms with Crippen LogP contribution in [0.5, 0.6) is 0 Å². The molecule has 0 radical (unpaired) electrons. The lowest BCUT2D eigenvalue weighted by Crippen LogP contribution is -2.25. The van der Waals surface area contributed by atoms with E-state index in [1.54, 1.807) is 13.1 Å². The fourth-order valence-corrected chi connectivity index (χ4v) is 0.977. The van der Waals surface area contributed by atoms with Crippen LogP contribution in [0.25, 0.3) is 0 Å². The lowest BCUT2D eigenvalue weighted by atomic mass is 10.4. The Balaban J connectivity index is 2.75. The van der Waals surface area contributed by atoms with E-state index in [2.05, 4.69) is 4.98 Å². The van der Waals surface area contributed by atoms with E-state index in [1.807, 2.05) is 0 Å².